The number of hydrogen-bond acceptors (Lipinski definition) is 1. The van der Waals surface area contributed by atoms with Crippen LogP contribution in [0.25, 0.3) is 16.8 Å². The molecule has 0 bridgehead atoms. The molecule has 0 aromatic heterocycles. The summed E-state index contributed by atoms with van der Waals surface area (Å²) in [6, 6.07) is 24.7. The van der Waals surface area contributed by atoms with Gasteiger partial charge in [0.05, 0.1) is 0 Å². The molecule has 1 heteroatoms. The lowest BCUT2D eigenvalue weighted by atomic mass is 10.1. The van der Waals surface area contributed by atoms with Gasteiger partial charge in [0, 0.05) is 5.56 Å². The molecule has 0 amide bonds. The molecule has 3 aromatic carbocycles. The van der Waals surface area contributed by atoms with Gasteiger partial charge in [-0.15, -0.1) is 0 Å². The van der Waals surface area contributed by atoms with Gasteiger partial charge in [0.25, 0.3) is 0 Å². The van der Waals surface area contributed by atoms with E-state index in [4.69, 9.17) is 4.74 Å². The second-order valence-electron chi connectivity index (χ2n) is 4.60. The zero-order valence-electron chi connectivity index (χ0n) is 11.2. The number of benzene rings is 3. The standard InChI is InChI=1S/C10H8.C9H8O/c1-2-6-10-8-4-3-7-9(10)5-1;1-2-6-9-8(4-1)5-3-7-10-9/h1-8H;1-6H,7H2. The molecule has 0 fully saturated rings. The summed E-state index contributed by atoms with van der Waals surface area (Å²) in [4.78, 5) is 0. The van der Waals surface area contributed by atoms with Crippen molar-refractivity contribution in [3.05, 3.63) is 84.4 Å². The van der Waals surface area contributed by atoms with Crippen LogP contribution in [0.15, 0.2) is 78.9 Å². The highest BCUT2D eigenvalue weighted by molar-refractivity contribution is 5.82. The van der Waals surface area contributed by atoms with Gasteiger partial charge in [-0.25, -0.2) is 0 Å². The monoisotopic (exact) mass is 260 g/mol. The van der Waals surface area contributed by atoms with Gasteiger partial charge in [0.1, 0.15) is 12.4 Å². The van der Waals surface area contributed by atoms with Crippen LogP contribution in [-0.4, -0.2) is 6.61 Å². The smallest absolute Gasteiger partial charge is 0.126 e. The largest absolute Gasteiger partial charge is 0.489 e. The molecule has 98 valence electrons. The molecule has 0 N–H and O–H groups in total. The second-order valence-corrected chi connectivity index (χ2v) is 4.60. The van der Waals surface area contributed by atoms with Crippen LogP contribution in [-0.2, 0) is 0 Å². The molecule has 0 radical (unpaired) electrons. The number of ether oxygens (including phenoxy) is 1. The van der Waals surface area contributed by atoms with E-state index >= 15 is 0 Å². The quantitative estimate of drug-likeness (QED) is 0.556. The summed E-state index contributed by atoms with van der Waals surface area (Å²) in [6.45, 7) is 0.705. The van der Waals surface area contributed by atoms with Crippen molar-refractivity contribution in [1.82, 2.24) is 0 Å². The molecule has 0 unspecified atom stereocenters. The third-order valence-electron chi connectivity index (χ3n) is 3.21. The third kappa shape index (κ3) is 2.89. The van der Waals surface area contributed by atoms with E-state index in [2.05, 4.69) is 54.6 Å². The Labute approximate surface area is 119 Å². The van der Waals surface area contributed by atoms with Crippen LogP contribution < -0.4 is 4.74 Å². The molecule has 3 aromatic rings. The van der Waals surface area contributed by atoms with E-state index in [0.29, 0.717) is 6.61 Å². The van der Waals surface area contributed by atoms with Crippen molar-refractivity contribution in [2.75, 3.05) is 6.61 Å². The van der Waals surface area contributed by atoms with E-state index in [1.165, 1.54) is 16.3 Å². The molecule has 0 atom stereocenters. The van der Waals surface area contributed by atoms with E-state index in [9.17, 15) is 0 Å². The van der Waals surface area contributed by atoms with Crippen molar-refractivity contribution in [2.24, 2.45) is 0 Å². The van der Waals surface area contributed by atoms with Gasteiger partial charge in [0.15, 0.2) is 0 Å². The summed E-state index contributed by atoms with van der Waals surface area (Å²) in [5.74, 6) is 0.991. The van der Waals surface area contributed by atoms with Crippen molar-refractivity contribution in [2.45, 2.75) is 0 Å². The Balaban J connectivity index is 0.000000121. The minimum atomic E-state index is 0.705. The predicted molar refractivity (Wildman–Crippen MR) is 84.9 cm³/mol. The van der Waals surface area contributed by atoms with Gasteiger partial charge in [-0.05, 0) is 22.9 Å². The van der Waals surface area contributed by atoms with Crippen molar-refractivity contribution < 1.29 is 4.74 Å². The zero-order valence-corrected chi connectivity index (χ0v) is 11.2. The molecule has 1 aliphatic rings. The minimum Gasteiger partial charge on any atom is -0.489 e. The highest BCUT2D eigenvalue weighted by Gasteiger charge is 2.01. The lowest BCUT2D eigenvalue weighted by Crippen LogP contribution is -1.98. The van der Waals surface area contributed by atoms with Crippen LogP contribution >= 0.6 is 0 Å². The van der Waals surface area contributed by atoms with E-state index in [1.807, 2.05) is 30.3 Å². The first-order valence-electron chi connectivity index (χ1n) is 6.76. The van der Waals surface area contributed by atoms with Crippen molar-refractivity contribution in [3.63, 3.8) is 0 Å². The molecule has 4 rings (SSSR count). The normalized spacial score (nSPS) is 12.0. The van der Waals surface area contributed by atoms with Gasteiger partial charge in [0.2, 0.25) is 0 Å². The van der Waals surface area contributed by atoms with Crippen molar-refractivity contribution >= 4 is 16.8 Å². The number of rotatable bonds is 0. The number of para-hydroxylation sites is 1. The fourth-order valence-electron chi connectivity index (χ4n) is 2.20. The maximum absolute atomic E-state index is 5.34. The Kier molecular flexibility index (Phi) is 3.79. The number of hydrogen-bond donors (Lipinski definition) is 0. The van der Waals surface area contributed by atoms with Gasteiger partial charge < -0.3 is 4.74 Å². The Hall–Kier alpha value is -2.54. The molecular formula is C19H16O. The molecule has 1 nitrogen and oxygen atoms in total. The minimum absolute atomic E-state index is 0.705. The maximum atomic E-state index is 5.34. The average Bonchev–Trinajstić information content (AvgIpc) is 2.56. The zero-order chi connectivity index (χ0) is 13.6. The fraction of sp³-hybridized carbons (Fsp3) is 0.0526. The highest BCUT2D eigenvalue weighted by Crippen LogP contribution is 2.21. The van der Waals surface area contributed by atoms with Gasteiger partial charge in [-0.1, -0.05) is 72.8 Å². The van der Waals surface area contributed by atoms with Crippen LogP contribution in [0.5, 0.6) is 5.75 Å². The summed E-state index contributed by atoms with van der Waals surface area (Å²) in [6.07, 6.45) is 4.10. The van der Waals surface area contributed by atoms with Crippen LogP contribution in [0, 0.1) is 0 Å². The number of fused-ring (bicyclic) bond motifs is 2. The van der Waals surface area contributed by atoms with Crippen LogP contribution in [0.4, 0.5) is 0 Å². The molecule has 0 spiro atoms. The van der Waals surface area contributed by atoms with Gasteiger partial charge in [-0.3, -0.25) is 0 Å². The Morgan fingerprint density at radius 2 is 1.20 bits per heavy atom. The van der Waals surface area contributed by atoms with Gasteiger partial charge >= 0.3 is 0 Å². The fourth-order valence-corrected chi connectivity index (χ4v) is 2.20. The summed E-state index contributed by atoms with van der Waals surface area (Å²) in [5, 5.41) is 2.62. The summed E-state index contributed by atoms with van der Waals surface area (Å²) >= 11 is 0. The van der Waals surface area contributed by atoms with E-state index < -0.39 is 0 Å². The molecule has 1 heterocycles. The average molecular weight is 260 g/mol. The molecule has 1 aliphatic heterocycles. The molecular weight excluding hydrogens is 244 g/mol. The van der Waals surface area contributed by atoms with Crippen LogP contribution in [0.3, 0.4) is 0 Å². The van der Waals surface area contributed by atoms with Crippen molar-refractivity contribution in [1.29, 1.82) is 0 Å². The topological polar surface area (TPSA) is 9.23 Å². The Bertz CT molecular complexity index is 663. The first kappa shape index (κ1) is 12.5. The Morgan fingerprint density at radius 1 is 0.650 bits per heavy atom. The summed E-state index contributed by atoms with van der Waals surface area (Å²) in [5.41, 5.74) is 1.17. The summed E-state index contributed by atoms with van der Waals surface area (Å²) in [7, 11) is 0. The molecule has 0 aliphatic carbocycles. The lowest BCUT2D eigenvalue weighted by molar-refractivity contribution is 0.358. The van der Waals surface area contributed by atoms with Gasteiger partial charge in [-0.2, -0.15) is 0 Å². The summed E-state index contributed by atoms with van der Waals surface area (Å²) < 4.78 is 5.34. The Morgan fingerprint density at radius 3 is 1.80 bits per heavy atom. The predicted octanol–water partition coefficient (Wildman–Crippen LogP) is 4.93. The lowest BCUT2D eigenvalue weighted by Gasteiger charge is -2.10. The molecule has 0 saturated carbocycles. The SMILES string of the molecule is C1=Cc2ccccc2OC1.c1ccc2ccccc2c1. The van der Waals surface area contributed by atoms with E-state index in [-0.39, 0.29) is 0 Å². The second kappa shape index (κ2) is 6.07. The molecule has 0 saturated heterocycles. The highest BCUT2D eigenvalue weighted by atomic mass is 16.5. The van der Waals surface area contributed by atoms with E-state index in [0.717, 1.165) is 5.75 Å². The first-order chi connectivity index (χ1) is 9.93. The van der Waals surface area contributed by atoms with Crippen molar-refractivity contribution in [3.8, 4) is 5.75 Å². The maximum Gasteiger partial charge on any atom is 0.126 e. The van der Waals surface area contributed by atoms with Crippen LogP contribution in [0.2, 0.25) is 0 Å². The molecule has 20 heavy (non-hydrogen) atoms. The van der Waals surface area contributed by atoms with Crippen LogP contribution in [0.1, 0.15) is 5.56 Å². The third-order valence-corrected chi connectivity index (χ3v) is 3.21. The first-order valence-corrected chi connectivity index (χ1v) is 6.76. The van der Waals surface area contributed by atoms with E-state index in [1.54, 1.807) is 0 Å².